The van der Waals surface area contributed by atoms with E-state index in [4.69, 9.17) is 21.7 Å². The molecule has 6 aromatic carbocycles. The molecule has 0 aliphatic heterocycles. The Bertz CT molecular complexity index is 2900. The minimum absolute atomic E-state index is 0.0557. The van der Waals surface area contributed by atoms with Crippen molar-refractivity contribution in [2.45, 2.75) is 24.9 Å². The van der Waals surface area contributed by atoms with Crippen LogP contribution in [0.4, 0.5) is 5.69 Å². The number of hydrogen-bond donors (Lipinski definition) is 7. The third-order valence-corrected chi connectivity index (χ3v) is 10.2. The van der Waals surface area contributed by atoms with Crippen LogP contribution in [0.1, 0.15) is 11.1 Å². The van der Waals surface area contributed by atoms with Crippen LogP contribution in [0.25, 0.3) is 66.1 Å². The molecule has 60 heavy (non-hydrogen) atoms. The third kappa shape index (κ3) is 8.85. The van der Waals surface area contributed by atoms with Crippen LogP contribution in [0.3, 0.4) is 0 Å². The summed E-state index contributed by atoms with van der Waals surface area (Å²) in [6.45, 7) is 0. The van der Waals surface area contributed by atoms with Gasteiger partial charge in [-0.1, -0.05) is 115 Å². The number of benzene rings is 6. The molecule has 12 heteroatoms. The van der Waals surface area contributed by atoms with Crippen molar-refractivity contribution in [3.63, 3.8) is 0 Å². The summed E-state index contributed by atoms with van der Waals surface area (Å²) in [5, 5.41) is 32.3. The first kappa shape index (κ1) is 40.4. The van der Waals surface area contributed by atoms with Crippen molar-refractivity contribution in [3.8, 4) is 33.4 Å². The number of nitro benzene ring substituents is 1. The van der Waals surface area contributed by atoms with E-state index in [-0.39, 0.29) is 12.1 Å². The van der Waals surface area contributed by atoms with Gasteiger partial charge >= 0.3 is 11.9 Å². The smallest absolute Gasteiger partial charge is 0.320 e. The van der Waals surface area contributed by atoms with Crippen molar-refractivity contribution >= 4 is 50.3 Å². The molecule has 0 saturated heterocycles. The molecule has 9 N–H and O–H groups in total. The summed E-state index contributed by atoms with van der Waals surface area (Å²) in [6, 6.07) is 45.6. The molecule has 12 nitrogen and oxygen atoms in total. The maximum Gasteiger partial charge on any atom is 0.320 e. The monoisotopic (exact) mass is 798 g/mol. The van der Waals surface area contributed by atoms with E-state index in [9.17, 15) is 19.7 Å². The highest BCUT2D eigenvalue weighted by Gasteiger charge is 2.22. The first-order valence-corrected chi connectivity index (χ1v) is 19.2. The van der Waals surface area contributed by atoms with Crippen LogP contribution < -0.4 is 11.5 Å². The summed E-state index contributed by atoms with van der Waals surface area (Å²) >= 11 is 0. The van der Waals surface area contributed by atoms with Crippen molar-refractivity contribution in [1.82, 2.24) is 15.0 Å². The highest BCUT2D eigenvalue weighted by atomic mass is 16.6. The van der Waals surface area contributed by atoms with Gasteiger partial charge in [0, 0.05) is 64.7 Å². The molecule has 0 fully saturated rings. The van der Waals surface area contributed by atoms with Crippen LogP contribution >= 0.6 is 0 Å². The number of non-ortho nitro benzene ring substituents is 1. The number of nitrogens with zero attached hydrogens (tertiary/aromatic N) is 1. The number of nitro groups is 1. The number of rotatable bonds is 10. The van der Waals surface area contributed by atoms with E-state index >= 15 is 0 Å². The van der Waals surface area contributed by atoms with Gasteiger partial charge in [-0.05, 0) is 68.8 Å². The molecular formula is C48H42N6O6. The zero-order valence-corrected chi connectivity index (χ0v) is 32.3. The van der Waals surface area contributed by atoms with Gasteiger partial charge in [-0.25, -0.2) is 0 Å². The van der Waals surface area contributed by atoms with Gasteiger partial charge in [-0.15, -0.1) is 0 Å². The first-order chi connectivity index (χ1) is 29.1. The Morgan fingerprint density at radius 1 is 0.550 bits per heavy atom. The summed E-state index contributed by atoms with van der Waals surface area (Å²) in [5.41, 5.74) is 21.8. The lowest BCUT2D eigenvalue weighted by atomic mass is 9.96. The van der Waals surface area contributed by atoms with E-state index < -0.39 is 28.9 Å². The second-order valence-corrected chi connectivity index (χ2v) is 14.1. The van der Waals surface area contributed by atoms with E-state index in [0.717, 1.165) is 38.7 Å². The number of carboxylic acids is 2. The zero-order chi connectivity index (χ0) is 42.2. The number of fused-ring (bicyclic) bond motifs is 3. The standard InChI is InChI=1S/C17H15N3O4.C17H16N2O2.C14H11N/c18-13(17(21)22)8-11-9-19-16-14(20(23)24)7-6-12(15(11)16)10-4-2-1-3-5-10;18-14(17(20)21)9-12-10-19-15-8-4-7-13(16(12)15)11-5-2-1-3-6-11;1-2-5-11(6-3-1)12-7-4-8-14-13(12)9-10-15-14/h1-7,9,13,19H,8,18H2,(H,21,22);1-8,10,14,19H,9,18H2,(H,20,21);1-10,15H. The van der Waals surface area contributed by atoms with Gasteiger partial charge in [0.05, 0.1) is 4.92 Å². The summed E-state index contributed by atoms with van der Waals surface area (Å²) in [4.78, 5) is 42.2. The predicted molar refractivity (Wildman–Crippen MR) is 236 cm³/mol. The first-order valence-electron chi connectivity index (χ1n) is 19.2. The highest BCUT2D eigenvalue weighted by Crippen LogP contribution is 2.37. The highest BCUT2D eigenvalue weighted by molar-refractivity contribution is 6.02. The van der Waals surface area contributed by atoms with Gasteiger partial charge in [-0.2, -0.15) is 0 Å². The molecule has 2 atom stereocenters. The van der Waals surface area contributed by atoms with Crippen LogP contribution in [0.5, 0.6) is 0 Å². The van der Waals surface area contributed by atoms with E-state index in [0.29, 0.717) is 22.9 Å². The van der Waals surface area contributed by atoms with Crippen LogP contribution in [-0.2, 0) is 22.4 Å². The average Bonchev–Trinajstić information content (AvgIpc) is 4.04. The molecule has 3 heterocycles. The van der Waals surface area contributed by atoms with Gasteiger partial charge in [-0.3, -0.25) is 19.7 Å². The SMILES string of the molecule is NC(Cc1c[nH]c2c([N+](=O)[O-])ccc(-c3ccccc3)c12)C(=O)O.NC(Cc1c[nH]c2cccc(-c3ccccc3)c12)C(=O)O.c1ccc(-c2cccc3[nH]ccc23)cc1. The molecule has 0 saturated carbocycles. The Morgan fingerprint density at radius 3 is 1.58 bits per heavy atom. The second-order valence-electron chi connectivity index (χ2n) is 14.1. The normalized spacial score (nSPS) is 11.9. The van der Waals surface area contributed by atoms with Gasteiger partial charge in [0.25, 0.3) is 5.69 Å². The number of aliphatic carboxylic acids is 2. The van der Waals surface area contributed by atoms with Crippen LogP contribution in [0.2, 0.25) is 0 Å². The topological polar surface area (TPSA) is 217 Å². The van der Waals surface area contributed by atoms with Crippen molar-refractivity contribution in [1.29, 1.82) is 0 Å². The Hall–Kier alpha value is -7.80. The minimum Gasteiger partial charge on any atom is -0.480 e. The molecule has 0 amide bonds. The van der Waals surface area contributed by atoms with Crippen LogP contribution in [0, 0.1) is 10.1 Å². The quantitative estimate of drug-likeness (QED) is 0.0521. The minimum atomic E-state index is -1.11. The summed E-state index contributed by atoms with van der Waals surface area (Å²) in [7, 11) is 0. The third-order valence-electron chi connectivity index (χ3n) is 10.2. The van der Waals surface area contributed by atoms with Gasteiger partial charge in [0.15, 0.2) is 0 Å². The number of hydrogen-bond acceptors (Lipinski definition) is 6. The summed E-state index contributed by atoms with van der Waals surface area (Å²) in [6.07, 6.45) is 5.80. The molecule has 0 aliphatic rings. The van der Waals surface area contributed by atoms with Crippen molar-refractivity contribution in [2.24, 2.45) is 11.5 Å². The lowest BCUT2D eigenvalue weighted by Crippen LogP contribution is -2.32. The number of nitrogens with two attached hydrogens (primary N) is 2. The molecule has 300 valence electrons. The zero-order valence-electron chi connectivity index (χ0n) is 32.3. The van der Waals surface area contributed by atoms with Gasteiger partial charge in [0.1, 0.15) is 17.6 Å². The fourth-order valence-corrected chi connectivity index (χ4v) is 7.35. The number of aromatic nitrogens is 3. The van der Waals surface area contributed by atoms with E-state index in [1.54, 1.807) is 12.3 Å². The molecule has 0 spiro atoms. The summed E-state index contributed by atoms with van der Waals surface area (Å²) < 4.78 is 0. The van der Waals surface area contributed by atoms with Gasteiger partial charge in [0.2, 0.25) is 0 Å². The van der Waals surface area contributed by atoms with E-state index in [1.165, 1.54) is 28.1 Å². The number of nitrogens with one attached hydrogen (secondary N) is 3. The lowest BCUT2D eigenvalue weighted by molar-refractivity contribution is -0.383. The Kier molecular flexibility index (Phi) is 12.3. The number of aromatic amines is 3. The Labute approximate surface area is 344 Å². The predicted octanol–water partition coefficient (Wildman–Crippen LogP) is 9.32. The van der Waals surface area contributed by atoms with E-state index in [2.05, 4.69) is 63.5 Å². The fourth-order valence-electron chi connectivity index (χ4n) is 7.35. The van der Waals surface area contributed by atoms with Crippen molar-refractivity contribution in [3.05, 3.63) is 185 Å². The number of carboxylic acid groups (broad SMARTS) is 2. The van der Waals surface area contributed by atoms with Crippen LogP contribution in [0.15, 0.2) is 164 Å². The average molecular weight is 799 g/mol. The molecule has 3 aromatic heterocycles. The van der Waals surface area contributed by atoms with Crippen LogP contribution in [-0.4, -0.2) is 54.1 Å². The molecule has 9 rings (SSSR count). The number of H-pyrrole nitrogens is 3. The van der Waals surface area contributed by atoms with E-state index in [1.807, 2.05) is 97.3 Å². The Balaban J connectivity index is 0.000000139. The second kappa shape index (κ2) is 18.2. The summed E-state index contributed by atoms with van der Waals surface area (Å²) in [5.74, 6) is -2.10. The fraction of sp³-hybridized carbons (Fsp3) is 0.0833. The maximum absolute atomic E-state index is 11.3. The molecule has 0 radical (unpaired) electrons. The molecular weight excluding hydrogens is 757 g/mol. The lowest BCUT2D eigenvalue weighted by Gasteiger charge is -2.09. The largest absolute Gasteiger partial charge is 0.480 e. The molecule has 0 bridgehead atoms. The van der Waals surface area contributed by atoms with Crippen molar-refractivity contribution < 1.29 is 24.7 Å². The molecule has 9 aromatic rings. The maximum atomic E-state index is 11.3. The van der Waals surface area contributed by atoms with Crippen molar-refractivity contribution in [2.75, 3.05) is 0 Å². The van der Waals surface area contributed by atoms with Gasteiger partial charge < -0.3 is 36.6 Å². The molecule has 0 aliphatic carbocycles. The Morgan fingerprint density at radius 2 is 1.03 bits per heavy atom. The molecule has 2 unspecified atom stereocenters. The number of carbonyl (C=O) groups is 2.